The minimum atomic E-state index is 0.576. The van der Waals surface area contributed by atoms with Crippen LogP contribution in [0.3, 0.4) is 0 Å². The number of nitrogens with zero attached hydrogens (tertiary/aromatic N) is 1. The van der Waals surface area contributed by atoms with Gasteiger partial charge in [-0.1, -0.05) is 13.3 Å². The summed E-state index contributed by atoms with van der Waals surface area (Å²) < 4.78 is 11.1. The number of nitrogen functional groups attached to an aromatic ring is 1. The van der Waals surface area contributed by atoms with Gasteiger partial charge in [0.2, 0.25) is 0 Å². The van der Waals surface area contributed by atoms with Gasteiger partial charge in [0.05, 0.1) is 5.69 Å². The van der Waals surface area contributed by atoms with Crippen LogP contribution < -0.4 is 15.2 Å². The lowest BCUT2D eigenvalue weighted by Crippen LogP contribution is -2.15. The normalized spacial score (nSPS) is 13.5. The number of ether oxygens (including phenoxy) is 2. The van der Waals surface area contributed by atoms with E-state index in [1.807, 2.05) is 18.2 Å². The van der Waals surface area contributed by atoms with Crippen molar-refractivity contribution in [3.63, 3.8) is 0 Å². The molecule has 1 aromatic carbocycles. The molecule has 0 saturated heterocycles. The van der Waals surface area contributed by atoms with Crippen LogP contribution >= 0.6 is 0 Å². The van der Waals surface area contributed by atoms with E-state index in [1.165, 1.54) is 0 Å². The second-order valence-corrected chi connectivity index (χ2v) is 4.57. The van der Waals surface area contributed by atoms with E-state index in [2.05, 4.69) is 17.1 Å². The molecule has 0 radical (unpaired) electrons. The van der Waals surface area contributed by atoms with Crippen molar-refractivity contribution < 1.29 is 9.47 Å². The van der Waals surface area contributed by atoms with Crippen molar-refractivity contribution >= 4 is 5.82 Å². The molecule has 2 heterocycles. The van der Waals surface area contributed by atoms with Crippen LogP contribution in [0.25, 0.3) is 11.3 Å². The minimum Gasteiger partial charge on any atom is -0.486 e. The SMILES string of the molecule is CCCc1c(N)n[nH]c1-c1ccc2c(c1)OCCO2. The number of anilines is 1. The fraction of sp³-hybridized carbons (Fsp3) is 0.357. The van der Waals surface area contributed by atoms with Crippen molar-refractivity contribution in [1.82, 2.24) is 10.2 Å². The Bertz CT molecular complexity index is 592. The van der Waals surface area contributed by atoms with E-state index in [1.54, 1.807) is 0 Å². The second-order valence-electron chi connectivity index (χ2n) is 4.57. The molecule has 0 aliphatic carbocycles. The Balaban J connectivity index is 2.02. The van der Waals surface area contributed by atoms with Crippen LogP contribution in [-0.4, -0.2) is 23.4 Å². The van der Waals surface area contributed by atoms with E-state index in [0.717, 1.165) is 41.2 Å². The first-order chi connectivity index (χ1) is 9.29. The van der Waals surface area contributed by atoms with Crippen molar-refractivity contribution in [2.45, 2.75) is 19.8 Å². The van der Waals surface area contributed by atoms with E-state index in [-0.39, 0.29) is 0 Å². The van der Waals surface area contributed by atoms with Crippen molar-refractivity contribution in [1.29, 1.82) is 0 Å². The monoisotopic (exact) mass is 259 g/mol. The van der Waals surface area contributed by atoms with Gasteiger partial charge in [-0.15, -0.1) is 0 Å². The third kappa shape index (κ3) is 2.12. The summed E-state index contributed by atoms with van der Waals surface area (Å²) in [6, 6.07) is 5.90. The fourth-order valence-corrected chi connectivity index (χ4v) is 2.32. The highest BCUT2D eigenvalue weighted by molar-refractivity contribution is 5.70. The van der Waals surface area contributed by atoms with Gasteiger partial charge in [0, 0.05) is 11.1 Å². The Morgan fingerprint density at radius 2 is 2.05 bits per heavy atom. The van der Waals surface area contributed by atoms with Gasteiger partial charge in [-0.3, -0.25) is 5.10 Å². The number of nitrogens with two attached hydrogens (primary N) is 1. The van der Waals surface area contributed by atoms with Crippen LogP contribution in [0.1, 0.15) is 18.9 Å². The van der Waals surface area contributed by atoms with E-state index >= 15 is 0 Å². The van der Waals surface area contributed by atoms with E-state index < -0.39 is 0 Å². The van der Waals surface area contributed by atoms with E-state index in [9.17, 15) is 0 Å². The molecule has 100 valence electrons. The first-order valence-corrected chi connectivity index (χ1v) is 6.52. The molecule has 2 aromatic rings. The third-order valence-electron chi connectivity index (χ3n) is 3.23. The number of H-pyrrole nitrogens is 1. The molecular weight excluding hydrogens is 242 g/mol. The molecule has 0 bridgehead atoms. The summed E-state index contributed by atoms with van der Waals surface area (Å²) in [6.07, 6.45) is 1.94. The van der Waals surface area contributed by atoms with Gasteiger partial charge in [0.15, 0.2) is 11.5 Å². The van der Waals surface area contributed by atoms with E-state index in [4.69, 9.17) is 15.2 Å². The molecule has 1 aliphatic heterocycles. The van der Waals surface area contributed by atoms with Crippen LogP contribution in [0, 0.1) is 0 Å². The molecule has 3 rings (SSSR count). The lowest BCUT2D eigenvalue weighted by molar-refractivity contribution is 0.171. The summed E-state index contributed by atoms with van der Waals surface area (Å²) in [6.45, 7) is 3.31. The van der Waals surface area contributed by atoms with Crippen molar-refractivity contribution in [3.05, 3.63) is 23.8 Å². The Morgan fingerprint density at radius 3 is 2.84 bits per heavy atom. The molecule has 0 fully saturated rings. The molecule has 19 heavy (non-hydrogen) atoms. The Morgan fingerprint density at radius 1 is 1.26 bits per heavy atom. The number of fused-ring (bicyclic) bond motifs is 1. The zero-order chi connectivity index (χ0) is 13.2. The summed E-state index contributed by atoms with van der Waals surface area (Å²) in [5, 5.41) is 7.11. The van der Waals surface area contributed by atoms with Gasteiger partial charge in [0.1, 0.15) is 19.0 Å². The Kier molecular flexibility index (Phi) is 3.03. The molecule has 0 amide bonds. The standard InChI is InChI=1S/C14H17N3O2/c1-2-3-10-13(16-17-14(10)15)9-4-5-11-12(8-9)19-7-6-18-11/h4-5,8H,2-3,6-7H2,1H3,(H3,15,16,17). The van der Waals surface area contributed by atoms with Crippen molar-refractivity contribution in [3.8, 4) is 22.8 Å². The van der Waals surface area contributed by atoms with Gasteiger partial charge in [-0.05, 0) is 24.6 Å². The maximum absolute atomic E-state index is 5.90. The highest BCUT2D eigenvalue weighted by Gasteiger charge is 2.16. The van der Waals surface area contributed by atoms with Gasteiger partial charge >= 0.3 is 0 Å². The highest BCUT2D eigenvalue weighted by atomic mass is 16.6. The van der Waals surface area contributed by atoms with Crippen LogP contribution in [0.2, 0.25) is 0 Å². The maximum atomic E-state index is 5.90. The molecule has 3 N–H and O–H groups in total. The van der Waals surface area contributed by atoms with E-state index in [0.29, 0.717) is 19.0 Å². The Labute approximate surface area is 111 Å². The number of rotatable bonds is 3. The molecule has 5 nitrogen and oxygen atoms in total. The summed E-state index contributed by atoms with van der Waals surface area (Å²) in [5.74, 6) is 2.14. The largest absolute Gasteiger partial charge is 0.486 e. The van der Waals surface area contributed by atoms with Crippen molar-refractivity contribution in [2.24, 2.45) is 0 Å². The van der Waals surface area contributed by atoms with Crippen LogP contribution in [0.5, 0.6) is 11.5 Å². The summed E-state index contributed by atoms with van der Waals surface area (Å²) in [7, 11) is 0. The number of hydrogen-bond donors (Lipinski definition) is 2. The highest BCUT2D eigenvalue weighted by Crippen LogP contribution is 2.35. The molecule has 1 aromatic heterocycles. The molecule has 5 heteroatoms. The van der Waals surface area contributed by atoms with Crippen molar-refractivity contribution in [2.75, 3.05) is 18.9 Å². The molecule has 0 spiro atoms. The zero-order valence-corrected chi connectivity index (χ0v) is 10.9. The summed E-state index contributed by atoms with van der Waals surface area (Å²) in [5.41, 5.74) is 8.97. The molecule has 0 unspecified atom stereocenters. The quantitative estimate of drug-likeness (QED) is 0.887. The van der Waals surface area contributed by atoms with Gasteiger partial charge < -0.3 is 15.2 Å². The predicted octanol–water partition coefficient (Wildman–Crippen LogP) is 2.38. The van der Waals surface area contributed by atoms with Crippen LogP contribution in [-0.2, 0) is 6.42 Å². The molecule has 0 saturated carbocycles. The molecule has 0 atom stereocenters. The molecule has 1 aliphatic rings. The topological polar surface area (TPSA) is 73.2 Å². The smallest absolute Gasteiger partial charge is 0.162 e. The number of aromatic amines is 1. The zero-order valence-electron chi connectivity index (χ0n) is 10.9. The lowest BCUT2D eigenvalue weighted by Gasteiger charge is -2.18. The average molecular weight is 259 g/mol. The van der Waals surface area contributed by atoms with Crippen LogP contribution in [0.15, 0.2) is 18.2 Å². The number of nitrogens with one attached hydrogen (secondary N) is 1. The Hall–Kier alpha value is -2.17. The minimum absolute atomic E-state index is 0.576. The lowest BCUT2D eigenvalue weighted by atomic mass is 10.0. The number of hydrogen-bond acceptors (Lipinski definition) is 4. The molecular formula is C14H17N3O2. The van der Waals surface area contributed by atoms with Gasteiger partial charge in [-0.25, -0.2) is 0 Å². The first kappa shape index (κ1) is 11.9. The van der Waals surface area contributed by atoms with Gasteiger partial charge in [-0.2, -0.15) is 5.10 Å². The van der Waals surface area contributed by atoms with Crippen LogP contribution in [0.4, 0.5) is 5.82 Å². The number of benzene rings is 1. The second kappa shape index (κ2) is 4.84. The van der Waals surface area contributed by atoms with Gasteiger partial charge in [0.25, 0.3) is 0 Å². The number of aromatic nitrogens is 2. The first-order valence-electron chi connectivity index (χ1n) is 6.52. The average Bonchev–Trinajstić information content (AvgIpc) is 2.80. The predicted molar refractivity (Wildman–Crippen MR) is 73.4 cm³/mol. The third-order valence-corrected chi connectivity index (χ3v) is 3.23. The maximum Gasteiger partial charge on any atom is 0.162 e. The summed E-state index contributed by atoms with van der Waals surface area (Å²) >= 11 is 0. The fourth-order valence-electron chi connectivity index (χ4n) is 2.32. The summed E-state index contributed by atoms with van der Waals surface area (Å²) in [4.78, 5) is 0.